The normalized spacial score (nSPS) is 11.1. The SMILES string of the molecule is CC(C)Cn1c(CNC(=O)c2cccs2)nnc1SCc1ccccc1F. The molecule has 142 valence electrons. The second kappa shape index (κ2) is 9.14. The molecule has 0 radical (unpaired) electrons. The van der Waals surface area contributed by atoms with Crippen molar-refractivity contribution in [3.63, 3.8) is 0 Å². The Morgan fingerprint density at radius 3 is 2.78 bits per heavy atom. The molecule has 0 unspecified atom stereocenters. The lowest BCUT2D eigenvalue weighted by Crippen LogP contribution is -2.24. The second-order valence-electron chi connectivity index (χ2n) is 6.44. The average Bonchev–Trinajstić information content (AvgIpc) is 3.29. The maximum absolute atomic E-state index is 13.8. The number of carbonyl (C=O) groups excluding carboxylic acids is 1. The summed E-state index contributed by atoms with van der Waals surface area (Å²) in [6, 6.07) is 10.4. The van der Waals surface area contributed by atoms with Crippen molar-refractivity contribution in [3.8, 4) is 0 Å². The van der Waals surface area contributed by atoms with Crippen molar-refractivity contribution in [2.75, 3.05) is 0 Å². The van der Waals surface area contributed by atoms with Gasteiger partial charge in [0.25, 0.3) is 5.91 Å². The fourth-order valence-corrected chi connectivity index (χ4v) is 4.11. The molecule has 1 N–H and O–H groups in total. The summed E-state index contributed by atoms with van der Waals surface area (Å²) in [4.78, 5) is 12.8. The molecule has 2 heterocycles. The molecule has 1 amide bonds. The largest absolute Gasteiger partial charge is 0.344 e. The van der Waals surface area contributed by atoms with Gasteiger partial charge in [0.05, 0.1) is 11.4 Å². The van der Waals surface area contributed by atoms with Crippen LogP contribution in [0.15, 0.2) is 46.9 Å². The Morgan fingerprint density at radius 2 is 2.07 bits per heavy atom. The molecule has 0 aliphatic heterocycles. The number of halogens is 1. The van der Waals surface area contributed by atoms with Crippen LogP contribution in [0.3, 0.4) is 0 Å². The molecule has 0 bridgehead atoms. The summed E-state index contributed by atoms with van der Waals surface area (Å²) < 4.78 is 15.9. The second-order valence-corrected chi connectivity index (χ2v) is 8.33. The van der Waals surface area contributed by atoms with Gasteiger partial charge in [0, 0.05) is 12.3 Å². The van der Waals surface area contributed by atoms with Crippen molar-refractivity contribution >= 4 is 29.0 Å². The molecule has 1 aromatic carbocycles. The van der Waals surface area contributed by atoms with E-state index in [2.05, 4.69) is 29.4 Å². The number of nitrogens with zero attached hydrogens (tertiary/aromatic N) is 3. The highest BCUT2D eigenvalue weighted by Gasteiger charge is 2.16. The Labute approximate surface area is 166 Å². The standard InChI is InChI=1S/C19H21FN4OS2/c1-13(2)11-24-17(10-21-18(25)16-8-5-9-26-16)22-23-19(24)27-12-14-6-3-4-7-15(14)20/h3-9,13H,10-12H2,1-2H3,(H,21,25). The van der Waals surface area contributed by atoms with Crippen LogP contribution in [-0.4, -0.2) is 20.7 Å². The number of amides is 1. The lowest BCUT2D eigenvalue weighted by molar-refractivity contribution is 0.0953. The van der Waals surface area contributed by atoms with Gasteiger partial charge < -0.3 is 9.88 Å². The molecule has 0 atom stereocenters. The summed E-state index contributed by atoms with van der Waals surface area (Å²) in [5.41, 5.74) is 0.633. The quantitative estimate of drug-likeness (QED) is 0.567. The van der Waals surface area contributed by atoms with Gasteiger partial charge in [-0.1, -0.05) is 49.9 Å². The van der Waals surface area contributed by atoms with E-state index in [0.29, 0.717) is 34.5 Å². The minimum Gasteiger partial charge on any atom is -0.344 e. The number of aromatic nitrogens is 3. The van der Waals surface area contributed by atoms with Crippen LogP contribution in [-0.2, 0) is 18.8 Å². The Balaban J connectivity index is 1.71. The summed E-state index contributed by atoms with van der Waals surface area (Å²) in [5, 5.41) is 14.0. The summed E-state index contributed by atoms with van der Waals surface area (Å²) in [6.07, 6.45) is 0. The highest BCUT2D eigenvalue weighted by Crippen LogP contribution is 2.24. The van der Waals surface area contributed by atoms with Gasteiger partial charge in [-0.2, -0.15) is 0 Å². The Morgan fingerprint density at radius 1 is 1.26 bits per heavy atom. The molecule has 0 fully saturated rings. The highest BCUT2D eigenvalue weighted by atomic mass is 32.2. The Hall–Kier alpha value is -2.19. The van der Waals surface area contributed by atoms with Crippen LogP contribution in [0.2, 0.25) is 0 Å². The van der Waals surface area contributed by atoms with E-state index in [0.717, 1.165) is 11.7 Å². The molecular weight excluding hydrogens is 383 g/mol. The number of benzene rings is 1. The highest BCUT2D eigenvalue weighted by molar-refractivity contribution is 7.98. The van der Waals surface area contributed by atoms with Crippen molar-refractivity contribution < 1.29 is 9.18 Å². The van der Waals surface area contributed by atoms with Crippen LogP contribution in [0.5, 0.6) is 0 Å². The molecule has 27 heavy (non-hydrogen) atoms. The third-order valence-electron chi connectivity index (χ3n) is 3.81. The van der Waals surface area contributed by atoms with Gasteiger partial charge >= 0.3 is 0 Å². The zero-order chi connectivity index (χ0) is 19.2. The summed E-state index contributed by atoms with van der Waals surface area (Å²) in [5.74, 6) is 1.22. The van der Waals surface area contributed by atoms with Crippen molar-refractivity contribution in [1.82, 2.24) is 20.1 Å². The molecular formula is C19H21FN4OS2. The smallest absolute Gasteiger partial charge is 0.261 e. The minimum atomic E-state index is -0.219. The third-order valence-corrected chi connectivity index (χ3v) is 5.69. The van der Waals surface area contributed by atoms with Crippen LogP contribution in [0.25, 0.3) is 0 Å². The molecule has 3 rings (SSSR count). The Bertz CT molecular complexity index is 893. The summed E-state index contributed by atoms with van der Waals surface area (Å²) >= 11 is 2.85. The number of hydrogen-bond acceptors (Lipinski definition) is 5. The first-order chi connectivity index (χ1) is 13.0. The fourth-order valence-electron chi connectivity index (χ4n) is 2.52. The fraction of sp³-hybridized carbons (Fsp3) is 0.316. The van der Waals surface area contributed by atoms with E-state index >= 15 is 0 Å². The van der Waals surface area contributed by atoms with Crippen molar-refractivity contribution in [3.05, 3.63) is 63.9 Å². The molecule has 0 saturated carbocycles. The van der Waals surface area contributed by atoms with E-state index in [1.165, 1.54) is 29.2 Å². The van der Waals surface area contributed by atoms with Gasteiger partial charge in [0.1, 0.15) is 5.82 Å². The number of carbonyl (C=O) groups is 1. The number of hydrogen-bond donors (Lipinski definition) is 1. The van der Waals surface area contributed by atoms with Gasteiger partial charge in [0.2, 0.25) is 0 Å². The van der Waals surface area contributed by atoms with E-state index in [1.807, 2.05) is 22.1 Å². The van der Waals surface area contributed by atoms with E-state index in [9.17, 15) is 9.18 Å². The van der Waals surface area contributed by atoms with E-state index in [-0.39, 0.29) is 11.7 Å². The molecule has 2 aromatic heterocycles. The van der Waals surface area contributed by atoms with Gasteiger partial charge in [0.15, 0.2) is 11.0 Å². The minimum absolute atomic E-state index is 0.121. The predicted octanol–water partition coefficient (Wildman–Crippen LogP) is 4.36. The van der Waals surface area contributed by atoms with Crippen LogP contribution in [0.1, 0.15) is 34.9 Å². The van der Waals surface area contributed by atoms with E-state index in [1.54, 1.807) is 18.2 Å². The number of thiophene rings is 1. The van der Waals surface area contributed by atoms with Crippen LogP contribution >= 0.6 is 23.1 Å². The zero-order valence-electron chi connectivity index (χ0n) is 15.2. The van der Waals surface area contributed by atoms with E-state index < -0.39 is 0 Å². The van der Waals surface area contributed by atoms with Gasteiger partial charge in [-0.05, 0) is 29.0 Å². The molecule has 5 nitrogen and oxygen atoms in total. The molecule has 3 aromatic rings. The zero-order valence-corrected chi connectivity index (χ0v) is 16.8. The van der Waals surface area contributed by atoms with Crippen molar-refractivity contribution in [2.24, 2.45) is 5.92 Å². The maximum Gasteiger partial charge on any atom is 0.261 e. The molecule has 8 heteroatoms. The van der Waals surface area contributed by atoms with E-state index in [4.69, 9.17) is 0 Å². The van der Waals surface area contributed by atoms with Crippen LogP contribution in [0.4, 0.5) is 4.39 Å². The van der Waals surface area contributed by atoms with Crippen molar-refractivity contribution in [2.45, 2.75) is 37.8 Å². The van der Waals surface area contributed by atoms with Crippen LogP contribution in [0, 0.1) is 11.7 Å². The molecule has 0 aliphatic carbocycles. The average molecular weight is 405 g/mol. The first kappa shape index (κ1) is 19.6. The molecule has 0 aliphatic rings. The first-order valence-electron chi connectivity index (χ1n) is 8.64. The Kier molecular flexibility index (Phi) is 6.63. The van der Waals surface area contributed by atoms with Gasteiger partial charge in [-0.3, -0.25) is 4.79 Å². The lowest BCUT2D eigenvalue weighted by Gasteiger charge is -2.13. The maximum atomic E-state index is 13.8. The van der Waals surface area contributed by atoms with Crippen molar-refractivity contribution in [1.29, 1.82) is 0 Å². The van der Waals surface area contributed by atoms with Gasteiger partial charge in [-0.15, -0.1) is 21.5 Å². The lowest BCUT2D eigenvalue weighted by atomic mass is 10.2. The number of thioether (sulfide) groups is 1. The third kappa shape index (κ3) is 5.17. The van der Waals surface area contributed by atoms with Crippen LogP contribution < -0.4 is 5.32 Å². The topological polar surface area (TPSA) is 59.8 Å². The summed E-state index contributed by atoms with van der Waals surface area (Å²) in [7, 11) is 0. The number of nitrogens with one attached hydrogen (secondary N) is 1. The number of rotatable bonds is 8. The first-order valence-corrected chi connectivity index (χ1v) is 10.5. The predicted molar refractivity (Wildman–Crippen MR) is 106 cm³/mol. The monoisotopic (exact) mass is 404 g/mol. The molecule has 0 spiro atoms. The van der Waals surface area contributed by atoms with Gasteiger partial charge in [-0.25, -0.2) is 4.39 Å². The molecule has 0 saturated heterocycles. The summed E-state index contributed by atoms with van der Waals surface area (Å²) in [6.45, 7) is 5.26.